The number of rotatable bonds is 3. The topological polar surface area (TPSA) is 46.5 Å². The zero-order valence-electron chi connectivity index (χ0n) is 8.90. The molecule has 0 saturated carbocycles. The Bertz CT molecular complexity index is 404. The summed E-state index contributed by atoms with van der Waals surface area (Å²) in [7, 11) is 0. The molecule has 1 aliphatic rings. The van der Waals surface area contributed by atoms with Gasteiger partial charge in [0.2, 0.25) is 0 Å². The third kappa shape index (κ3) is 1.92. The summed E-state index contributed by atoms with van der Waals surface area (Å²) in [5.74, 6) is -0.752. The minimum absolute atomic E-state index is 0.223. The predicted octanol–water partition coefficient (Wildman–Crippen LogP) is 2.93. The van der Waals surface area contributed by atoms with Gasteiger partial charge >= 0.3 is 5.97 Å². The highest BCUT2D eigenvalue weighted by atomic mass is 79.9. The van der Waals surface area contributed by atoms with Crippen LogP contribution in [0.4, 0.5) is 0 Å². The van der Waals surface area contributed by atoms with Gasteiger partial charge in [0.05, 0.1) is 6.10 Å². The van der Waals surface area contributed by atoms with Crippen molar-refractivity contribution in [3.05, 3.63) is 20.8 Å². The van der Waals surface area contributed by atoms with Gasteiger partial charge in [-0.1, -0.05) is 0 Å². The largest absolute Gasteiger partial charge is 0.481 e. The van der Waals surface area contributed by atoms with Crippen LogP contribution in [0.2, 0.25) is 0 Å². The van der Waals surface area contributed by atoms with Crippen LogP contribution in [-0.4, -0.2) is 23.8 Å². The van der Waals surface area contributed by atoms with Gasteiger partial charge in [0.1, 0.15) is 5.41 Å². The molecule has 0 radical (unpaired) electrons. The summed E-state index contributed by atoms with van der Waals surface area (Å²) >= 11 is 5.03. The standard InChI is InChI=1S/C11H13BrO3S/c1-7-11(10(13)14,3-4-15-7)6-9-8(12)2-5-16-9/h2,5,7H,3-4,6H2,1H3,(H,13,14). The quantitative estimate of drug-likeness (QED) is 0.934. The Labute approximate surface area is 107 Å². The maximum Gasteiger partial charge on any atom is 0.312 e. The first-order valence-corrected chi connectivity index (χ1v) is 6.80. The summed E-state index contributed by atoms with van der Waals surface area (Å²) < 4.78 is 6.42. The van der Waals surface area contributed by atoms with Crippen molar-refractivity contribution < 1.29 is 14.6 Å². The van der Waals surface area contributed by atoms with Crippen LogP contribution >= 0.6 is 27.3 Å². The minimum atomic E-state index is -0.757. The normalized spacial score (nSPS) is 29.5. The van der Waals surface area contributed by atoms with Gasteiger partial charge in [-0.25, -0.2) is 0 Å². The van der Waals surface area contributed by atoms with Crippen molar-refractivity contribution in [3.8, 4) is 0 Å². The molecule has 0 aliphatic carbocycles. The van der Waals surface area contributed by atoms with Gasteiger partial charge in [0.15, 0.2) is 0 Å². The fourth-order valence-corrected chi connectivity index (χ4v) is 3.72. The molecule has 1 aromatic rings. The minimum Gasteiger partial charge on any atom is -0.481 e. The zero-order chi connectivity index (χ0) is 11.8. The number of carboxylic acid groups (broad SMARTS) is 1. The number of hydrogen-bond acceptors (Lipinski definition) is 3. The molecule has 0 bridgehead atoms. The molecule has 1 aromatic heterocycles. The Morgan fingerprint density at radius 3 is 3.00 bits per heavy atom. The van der Waals surface area contributed by atoms with Gasteiger partial charge in [-0.15, -0.1) is 11.3 Å². The second kappa shape index (κ2) is 4.47. The van der Waals surface area contributed by atoms with E-state index in [1.165, 1.54) is 0 Å². The van der Waals surface area contributed by atoms with E-state index in [1.807, 2.05) is 18.4 Å². The molecule has 1 N–H and O–H groups in total. The van der Waals surface area contributed by atoms with Crippen LogP contribution in [0, 0.1) is 5.41 Å². The molecular weight excluding hydrogens is 292 g/mol. The van der Waals surface area contributed by atoms with Crippen LogP contribution in [0.3, 0.4) is 0 Å². The van der Waals surface area contributed by atoms with Crippen molar-refractivity contribution in [2.75, 3.05) is 6.61 Å². The van der Waals surface area contributed by atoms with Crippen molar-refractivity contribution >= 4 is 33.2 Å². The van der Waals surface area contributed by atoms with Gasteiger partial charge in [0.25, 0.3) is 0 Å². The average molecular weight is 305 g/mol. The smallest absolute Gasteiger partial charge is 0.312 e. The molecule has 3 nitrogen and oxygen atoms in total. The predicted molar refractivity (Wildman–Crippen MR) is 65.8 cm³/mol. The first kappa shape index (κ1) is 12.1. The highest BCUT2D eigenvalue weighted by molar-refractivity contribution is 9.10. The lowest BCUT2D eigenvalue weighted by Gasteiger charge is -2.26. The Hall–Kier alpha value is -0.390. The third-order valence-electron chi connectivity index (χ3n) is 3.29. The highest BCUT2D eigenvalue weighted by Gasteiger charge is 2.48. The van der Waals surface area contributed by atoms with Crippen molar-refractivity contribution in [3.63, 3.8) is 0 Å². The maximum absolute atomic E-state index is 11.5. The van der Waals surface area contributed by atoms with Gasteiger partial charge < -0.3 is 9.84 Å². The van der Waals surface area contributed by atoms with Crippen molar-refractivity contribution in [1.82, 2.24) is 0 Å². The van der Waals surface area contributed by atoms with Crippen LogP contribution in [0.1, 0.15) is 18.2 Å². The number of ether oxygens (including phenoxy) is 1. The van der Waals surface area contributed by atoms with Crippen LogP contribution in [0.5, 0.6) is 0 Å². The highest BCUT2D eigenvalue weighted by Crippen LogP contribution is 2.41. The number of carbonyl (C=O) groups is 1. The summed E-state index contributed by atoms with van der Waals surface area (Å²) in [6.07, 6.45) is 0.911. The summed E-state index contributed by atoms with van der Waals surface area (Å²) in [5, 5.41) is 11.4. The Balaban J connectivity index is 2.28. The first-order valence-electron chi connectivity index (χ1n) is 5.13. The van der Waals surface area contributed by atoms with E-state index in [1.54, 1.807) is 11.3 Å². The second-order valence-electron chi connectivity index (χ2n) is 4.09. The van der Waals surface area contributed by atoms with Crippen LogP contribution in [0.15, 0.2) is 15.9 Å². The second-order valence-corrected chi connectivity index (χ2v) is 5.95. The van der Waals surface area contributed by atoms with E-state index in [9.17, 15) is 9.90 Å². The lowest BCUT2D eigenvalue weighted by molar-refractivity contribution is -0.151. The number of hydrogen-bond donors (Lipinski definition) is 1. The molecule has 88 valence electrons. The Morgan fingerprint density at radius 1 is 1.81 bits per heavy atom. The van der Waals surface area contributed by atoms with E-state index in [2.05, 4.69) is 15.9 Å². The van der Waals surface area contributed by atoms with Crippen molar-refractivity contribution in [2.45, 2.75) is 25.9 Å². The SMILES string of the molecule is CC1OCCC1(Cc1sccc1Br)C(=O)O. The van der Waals surface area contributed by atoms with Gasteiger partial charge in [-0.05, 0) is 40.7 Å². The van der Waals surface area contributed by atoms with E-state index in [0.717, 1.165) is 9.35 Å². The fraction of sp³-hybridized carbons (Fsp3) is 0.545. The van der Waals surface area contributed by atoms with E-state index < -0.39 is 11.4 Å². The van der Waals surface area contributed by atoms with Gasteiger partial charge in [0, 0.05) is 22.4 Å². The van der Waals surface area contributed by atoms with E-state index in [4.69, 9.17) is 4.74 Å². The van der Waals surface area contributed by atoms with E-state index in [-0.39, 0.29) is 6.10 Å². The average Bonchev–Trinajstić information content (AvgIpc) is 2.77. The molecule has 0 amide bonds. The summed E-state index contributed by atoms with van der Waals surface area (Å²) in [6, 6.07) is 1.95. The van der Waals surface area contributed by atoms with Gasteiger partial charge in [-0.2, -0.15) is 0 Å². The molecule has 1 saturated heterocycles. The third-order valence-corrected chi connectivity index (χ3v) is 5.21. The van der Waals surface area contributed by atoms with Gasteiger partial charge in [-0.3, -0.25) is 4.79 Å². The van der Waals surface area contributed by atoms with Crippen molar-refractivity contribution in [1.29, 1.82) is 0 Å². The fourth-order valence-electron chi connectivity index (χ4n) is 2.11. The monoisotopic (exact) mass is 304 g/mol. The molecular formula is C11H13BrO3S. The summed E-state index contributed by atoms with van der Waals surface area (Å²) in [6.45, 7) is 2.39. The number of aliphatic carboxylic acids is 1. The first-order chi connectivity index (χ1) is 7.56. The van der Waals surface area contributed by atoms with Crippen molar-refractivity contribution in [2.24, 2.45) is 5.41 Å². The number of halogens is 1. The number of carboxylic acids is 1. The lowest BCUT2D eigenvalue weighted by Crippen LogP contribution is -2.39. The van der Waals surface area contributed by atoms with Crippen LogP contribution < -0.4 is 0 Å². The molecule has 2 heterocycles. The number of thiophene rings is 1. The molecule has 2 rings (SSSR count). The zero-order valence-corrected chi connectivity index (χ0v) is 11.3. The van der Waals surface area contributed by atoms with E-state index in [0.29, 0.717) is 19.4 Å². The Kier molecular flexibility index (Phi) is 3.37. The van der Waals surface area contributed by atoms with E-state index >= 15 is 0 Å². The lowest BCUT2D eigenvalue weighted by atomic mass is 9.78. The molecule has 0 spiro atoms. The Morgan fingerprint density at radius 2 is 2.56 bits per heavy atom. The van der Waals surface area contributed by atoms with Crippen LogP contribution in [0.25, 0.3) is 0 Å². The summed E-state index contributed by atoms with van der Waals surface area (Å²) in [4.78, 5) is 12.6. The van der Waals surface area contributed by atoms with Crippen LogP contribution in [-0.2, 0) is 16.0 Å². The molecule has 1 fully saturated rings. The molecule has 1 aliphatic heterocycles. The molecule has 16 heavy (non-hydrogen) atoms. The molecule has 5 heteroatoms. The molecule has 2 unspecified atom stereocenters. The molecule has 0 aromatic carbocycles. The summed E-state index contributed by atoms with van der Waals surface area (Å²) in [5.41, 5.74) is -0.757. The maximum atomic E-state index is 11.5. The molecule has 2 atom stereocenters.